The number of urea groups is 1. The number of para-hydroxylation sites is 2. The van der Waals surface area contributed by atoms with Crippen molar-refractivity contribution in [3.05, 3.63) is 89.4 Å². The van der Waals surface area contributed by atoms with Crippen molar-refractivity contribution in [1.82, 2.24) is 0 Å². The molecular formula is C27H22ClN3O3. The zero-order chi connectivity index (χ0) is 23.4. The molecule has 0 bridgehead atoms. The van der Waals surface area contributed by atoms with Crippen LogP contribution in [0.2, 0.25) is 5.02 Å². The molecule has 7 heteroatoms. The number of hydrogen-bond acceptors (Lipinski definition) is 4. The number of halogens is 1. The van der Waals surface area contributed by atoms with Gasteiger partial charge in [-0.15, -0.1) is 0 Å². The van der Waals surface area contributed by atoms with Crippen LogP contribution in [0.3, 0.4) is 0 Å². The number of barbiturate groups is 1. The number of carbonyl (C=O) groups excluding carboxylic acids is 3. The first kappa shape index (κ1) is 20.9. The third-order valence-electron chi connectivity index (χ3n) is 7.23. The summed E-state index contributed by atoms with van der Waals surface area (Å²) >= 11 is 6.31. The summed E-state index contributed by atoms with van der Waals surface area (Å²) in [7, 11) is 0. The second-order valence-corrected chi connectivity index (χ2v) is 9.44. The van der Waals surface area contributed by atoms with Crippen LogP contribution in [0.5, 0.6) is 0 Å². The van der Waals surface area contributed by atoms with Crippen LogP contribution < -0.4 is 14.7 Å². The van der Waals surface area contributed by atoms with Gasteiger partial charge in [-0.05, 0) is 61.2 Å². The molecule has 2 saturated heterocycles. The van der Waals surface area contributed by atoms with E-state index >= 15 is 0 Å². The minimum atomic E-state index is -1.42. The predicted molar refractivity (Wildman–Crippen MR) is 131 cm³/mol. The van der Waals surface area contributed by atoms with Crippen molar-refractivity contribution in [2.75, 3.05) is 21.2 Å². The third-order valence-corrected chi connectivity index (χ3v) is 7.46. The number of anilines is 3. The number of fused-ring (bicyclic) bond motifs is 4. The number of amides is 4. The van der Waals surface area contributed by atoms with E-state index in [0.717, 1.165) is 24.2 Å². The largest absolute Gasteiger partial charge is 0.367 e. The molecule has 6 rings (SSSR count). The van der Waals surface area contributed by atoms with Gasteiger partial charge in [0.15, 0.2) is 5.41 Å². The van der Waals surface area contributed by atoms with E-state index in [4.69, 9.17) is 11.6 Å². The Hall–Kier alpha value is -3.64. The van der Waals surface area contributed by atoms with Gasteiger partial charge in [0.2, 0.25) is 0 Å². The average molecular weight is 472 g/mol. The number of imide groups is 2. The highest BCUT2D eigenvalue weighted by atomic mass is 35.5. The van der Waals surface area contributed by atoms with Gasteiger partial charge < -0.3 is 4.90 Å². The van der Waals surface area contributed by atoms with E-state index in [0.29, 0.717) is 22.8 Å². The van der Waals surface area contributed by atoms with Crippen molar-refractivity contribution >= 4 is 46.5 Å². The molecule has 6 nitrogen and oxygen atoms in total. The lowest BCUT2D eigenvalue weighted by Crippen LogP contribution is -2.72. The molecule has 3 heterocycles. The fourth-order valence-electron chi connectivity index (χ4n) is 5.75. The first-order chi connectivity index (χ1) is 16.5. The highest BCUT2D eigenvalue weighted by molar-refractivity contribution is 6.39. The molecule has 3 aliphatic heterocycles. The topological polar surface area (TPSA) is 60.9 Å². The molecule has 170 valence electrons. The minimum Gasteiger partial charge on any atom is -0.367 e. The summed E-state index contributed by atoms with van der Waals surface area (Å²) in [4.78, 5) is 46.9. The van der Waals surface area contributed by atoms with E-state index in [9.17, 15) is 14.4 Å². The van der Waals surface area contributed by atoms with Crippen LogP contribution in [0.25, 0.3) is 0 Å². The Morgan fingerprint density at radius 3 is 1.97 bits per heavy atom. The molecule has 0 aliphatic carbocycles. The second kappa shape index (κ2) is 7.71. The fourth-order valence-corrected chi connectivity index (χ4v) is 5.92. The van der Waals surface area contributed by atoms with Crippen LogP contribution in [-0.2, 0) is 16.0 Å². The van der Waals surface area contributed by atoms with Crippen molar-refractivity contribution < 1.29 is 14.4 Å². The zero-order valence-corrected chi connectivity index (χ0v) is 19.1. The van der Waals surface area contributed by atoms with E-state index in [1.807, 2.05) is 24.3 Å². The minimum absolute atomic E-state index is 0.221. The first-order valence-electron chi connectivity index (χ1n) is 11.4. The molecule has 1 spiro atoms. The summed E-state index contributed by atoms with van der Waals surface area (Å²) in [6, 6.07) is 22.3. The smallest absolute Gasteiger partial charge is 0.342 e. The molecule has 2 fully saturated rings. The number of rotatable bonds is 2. The van der Waals surface area contributed by atoms with Crippen LogP contribution in [0.15, 0.2) is 78.9 Å². The summed E-state index contributed by atoms with van der Waals surface area (Å²) in [5.74, 6) is -0.920. The van der Waals surface area contributed by atoms with Crippen molar-refractivity contribution in [3.8, 4) is 0 Å². The SMILES string of the molecule is O=C1N(c2ccccc2)C(=O)C2(Cc3ccc(Cl)cc3N3CCCC32)C(=O)N1c1ccccc1. The molecule has 1 unspecified atom stereocenters. The van der Waals surface area contributed by atoms with Gasteiger partial charge in [0.1, 0.15) is 0 Å². The van der Waals surface area contributed by atoms with Crippen molar-refractivity contribution in [1.29, 1.82) is 0 Å². The average Bonchev–Trinajstić information content (AvgIpc) is 3.35. The molecule has 0 radical (unpaired) electrons. The Kier molecular flexibility index (Phi) is 4.74. The van der Waals surface area contributed by atoms with E-state index in [2.05, 4.69) is 4.90 Å². The van der Waals surface area contributed by atoms with E-state index in [1.54, 1.807) is 54.6 Å². The highest BCUT2D eigenvalue weighted by Gasteiger charge is 2.65. The molecular weight excluding hydrogens is 450 g/mol. The molecule has 3 aliphatic rings. The predicted octanol–water partition coefficient (Wildman–Crippen LogP) is 5.05. The maximum atomic E-state index is 14.3. The van der Waals surface area contributed by atoms with Gasteiger partial charge in [0, 0.05) is 17.3 Å². The van der Waals surface area contributed by atoms with Crippen molar-refractivity contribution in [3.63, 3.8) is 0 Å². The lowest BCUT2D eigenvalue weighted by Gasteiger charge is -2.51. The van der Waals surface area contributed by atoms with Gasteiger partial charge >= 0.3 is 6.03 Å². The van der Waals surface area contributed by atoms with Gasteiger partial charge in [-0.2, -0.15) is 0 Å². The number of benzene rings is 3. The monoisotopic (exact) mass is 471 g/mol. The summed E-state index contributed by atoms with van der Waals surface area (Å²) < 4.78 is 0. The van der Waals surface area contributed by atoms with E-state index in [1.165, 1.54) is 9.80 Å². The molecule has 0 N–H and O–H groups in total. The van der Waals surface area contributed by atoms with Gasteiger partial charge in [-0.25, -0.2) is 14.6 Å². The van der Waals surface area contributed by atoms with Crippen LogP contribution in [0.4, 0.5) is 21.9 Å². The molecule has 34 heavy (non-hydrogen) atoms. The quantitative estimate of drug-likeness (QED) is 0.491. The zero-order valence-electron chi connectivity index (χ0n) is 18.4. The fraction of sp³-hybridized carbons (Fsp3) is 0.222. The maximum absolute atomic E-state index is 14.3. The standard InChI is InChI=1S/C27H22ClN3O3/c28-19-14-13-18-17-27(23-12-7-15-29(23)22(18)16-19)24(32)30(20-8-3-1-4-9-20)26(34)31(25(27)33)21-10-5-2-6-11-21/h1-6,8-11,13-14,16,23H,7,12,15,17H2. The Morgan fingerprint density at radius 2 is 1.38 bits per heavy atom. The van der Waals surface area contributed by atoms with Crippen LogP contribution in [0, 0.1) is 5.41 Å². The summed E-state index contributed by atoms with van der Waals surface area (Å²) in [5, 5.41) is 0.619. The van der Waals surface area contributed by atoms with Crippen LogP contribution in [-0.4, -0.2) is 30.4 Å². The van der Waals surface area contributed by atoms with Crippen molar-refractivity contribution in [2.45, 2.75) is 25.3 Å². The molecule has 4 amide bonds. The maximum Gasteiger partial charge on any atom is 0.342 e. The van der Waals surface area contributed by atoms with Gasteiger partial charge in [0.25, 0.3) is 11.8 Å². The summed E-state index contributed by atoms with van der Waals surface area (Å²) in [6.07, 6.45) is 1.75. The van der Waals surface area contributed by atoms with Gasteiger partial charge in [0.05, 0.1) is 17.4 Å². The van der Waals surface area contributed by atoms with E-state index < -0.39 is 23.3 Å². The lowest BCUT2D eigenvalue weighted by atomic mass is 9.68. The Labute approximate surface area is 202 Å². The summed E-state index contributed by atoms with van der Waals surface area (Å²) in [5.41, 5.74) is 1.35. The second-order valence-electron chi connectivity index (χ2n) is 9.01. The highest BCUT2D eigenvalue weighted by Crippen LogP contribution is 2.51. The Morgan fingerprint density at radius 1 is 0.794 bits per heavy atom. The summed E-state index contributed by atoms with van der Waals surface area (Å²) in [6.45, 7) is 0.727. The molecule has 3 aromatic carbocycles. The normalized spacial score (nSPS) is 21.1. The Bertz CT molecular complexity index is 1250. The lowest BCUT2D eigenvalue weighted by molar-refractivity contribution is -0.142. The van der Waals surface area contributed by atoms with Gasteiger partial charge in [-0.1, -0.05) is 54.1 Å². The van der Waals surface area contributed by atoms with Crippen LogP contribution in [0.1, 0.15) is 18.4 Å². The number of carbonyl (C=O) groups is 3. The van der Waals surface area contributed by atoms with Crippen molar-refractivity contribution in [2.24, 2.45) is 5.41 Å². The molecule has 1 atom stereocenters. The third kappa shape index (κ3) is 2.85. The van der Waals surface area contributed by atoms with Crippen LogP contribution >= 0.6 is 11.6 Å². The molecule has 0 aromatic heterocycles. The first-order valence-corrected chi connectivity index (χ1v) is 11.8. The van der Waals surface area contributed by atoms with E-state index in [-0.39, 0.29) is 12.5 Å². The molecule has 3 aromatic rings. The number of nitrogens with zero attached hydrogens (tertiary/aromatic N) is 3. The van der Waals surface area contributed by atoms with Gasteiger partial charge in [-0.3, -0.25) is 9.59 Å². The number of hydrogen-bond donors (Lipinski definition) is 0. The Balaban J connectivity index is 1.58. The molecule has 0 saturated carbocycles.